The highest BCUT2D eigenvalue weighted by atomic mass is 32.2. The van der Waals surface area contributed by atoms with Crippen LogP contribution in [0.25, 0.3) is 21.8 Å². The number of amides is 2. The second-order valence-corrected chi connectivity index (χ2v) is 30.7. The first-order valence-electron chi connectivity index (χ1n) is 35.0. The van der Waals surface area contributed by atoms with Crippen LogP contribution in [0, 0.1) is 45.9 Å². The van der Waals surface area contributed by atoms with E-state index in [4.69, 9.17) is 37.3 Å². The maximum absolute atomic E-state index is 15.4. The van der Waals surface area contributed by atoms with Gasteiger partial charge in [-0.15, -0.1) is 0 Å². The summed E-state index contributed by atoms with van der Waals surface area (Å²) in [7, 11) is -0.473. The van der Waals surface area contributed by atoms with Crippen LogP contribution in [0.3, 0.4) is 0 Å². The van der Waals surface area contributed by atoms with E-state index in [2.05, 4.69) is 19.9 Å². The molecule has 2 aliphatic heterocycles. The Bertz CT molecular complexity index is 4700. The molecule has 0 spiro atoms. The zero-order chi connectivity index (χ0) is 77.2. The number of methoxy groups -OCH3 is 2. The first-order chi connectivity index (χ1) is 50.7. The van der Waals surface area contributed by atoms with Crippen molar-refractivity contribution in [3.05, 3.63) is 167 Å². The van der Waals surface area contributed by atoms with E-state index in [0.29, 0.717) is 114 Å². The fraction of sp³-hybridized carbons (Fsp3) is 0.418. The van der Waals surface area contributed by atoms with Gasteiger partial charge in [-0.05, 0) is 188 Å². The summed E-state index contributed by atoms with van der Waals surface area (Å²) >= 11 is 0. The number of fused-ring (bicyclic) bond motifs is 2. The molecule has 4 aliphatic rings. The van der Waals surface area contributed by atoms with Gasteiger partial charge in [0.15, 0.2) is 69.3 Å². The number of carbonyl (C=O) groups excluding carboxylic acids is 6. The normalized spacial score (nSPS) is 15.5. The highest BCUT2D eigenvalue weighted by Crippen LogP contribution is 2.50. The van der Waals surface area contributed by atoms with Crippen LogP contribution in [0.2, 0.25) is 0 Å². The molecule has 4 fully saturated rings. The van der Waals surface area contributed by atoms with Gasteiger partial charge in [0, 0.05) is 64.0 Å². The zero-order valence-electron chi connectivity index (χ0n) is 61.0. The number of nitrogens with zero attached hydrogens (tertiary/aromatic N) is 6. The summed E-state index contributed by atoms with van der Waals surface area (Å²) in [5, 5.41) is 10.8. The molecule has 2 saturated heterocycles. The summed E-state index contributed by atoms with van der Waals surface area (Å²) in [6.07, 6.45) is 7.64. The number of hydrogen-bond donors (Lipinski definition) is 1. The topological polar surface area (TPSA) is 289 Å². The maximum Gasteiger partial charge on any atom is 0.410 e. The number of hydrogen-bond acceptors (Lipinski definition) is 21. The Morgan fingerprint density at radius 2 is 0.860 bits per heavy atom. The van der Waals surface area contributed by atoms with Gasteiger partial charge in [0.2, 0.25) is 11.8 Å². The third-order valence-electron chi connectivity index (χ3n) is 18.6. The number of aromatic nitrogens is 4. The average Bonchev–Trinajstić information content (AvgIpc) is 1.66. The van der Waals surface area contributed by atoms with Gasteiger partial charge >= 0.3 is 12.2 Å². The third-order valence-corrected chi connectivity index (χ3v) is 19.2. The Kier molecular flexibility index (Phi) is 24.9. The summed E-state index contributed by atoms with van der Waals surface area (Å²) in [5.41, 5.74) is -0.199. The summed E-state index contributed by atoms with van der Waals surface area (Å²) in [6, 6.07) is 25.9. The molecule has 568 valence electrons. The van der Waals surface area contributed by atoms with E-state index >= 15 is 4.39 Å². The molecule has 6 aromatic carbocycles. The van der Waals surface area contributed by atoms with Crippen molar-refractivity contribution in [2.24, 2.45) is 22.7 Å². The summed E-state index contributed by atoms with van der Waals surface area (Å²) < 4.78 is 123. The van der Waals surface area contributed by atoms with Crippen molar-refractivity contribution in [3.8, 4) is 46.3 Å². The number of ether oxygens (including phenoxy) is 7. The lowest BCUT2D eigenvalue weighted by Crippen LogP contribution is -2.42. The number of piperidine rings is 2. The molecule has 2 saturated carbocycles. The van der Waals surface area contributed by atoms with E-state index in [1.807, 2.05) is 41.5 Å². The summed E-state index contributed by atoms with van der Waals surface area (Å²) in [6.45, 7) is 14.0. The molecule has 8 aromatic rings. The first-order valence-corrected chi connectivity index (χ1v) is 36.8. The minimum atomic E-state index is -3.38. The van der Waals surface area contributed by atoms with Crippen LogP contribution in [-0.2, 0) is 68.6 Å². The van der Waals surface area contributed by atoms with E-state index < -0.39 is 55.4 Å². The van der Waals surface area contributed by atoms with Crippen LogP contribution in [0.1, 0.15) is 115 Å². The van der Waals surface area contributed by atoms with E-state index in [0.717, 1.165) is 31.9 Å². The number of phenols is 1. The molecule has 2 aromatic heterocycles. The van der Waals surface area contributed by atoms with Gasteiger partial charge in [0.1, 0.15) is 35.5 Å². The van der Waals surface area contributed by atoms with Crippen molar-refractivity contribution in [3.63, 3.8) is 0 Å². The third kappa shape index (κ3) is 21.3. The number of carbonyl (C=O) groups is 6. The summed E-state index contributed by atoms with van der Waals surface area (Å²) in [5.74, 6) is -1.79. The Balaban J connectivity index is 0.000000190. The Hall–Kier alpha value is -10.4. The van der Waals surface area contributed by atoms with Crippen molar-refractivity contribution < 1.29 is 97.2 Å². The lowest BCUT2D eigenvalue weighted by Gasteiger charge is -2.33. The van der Waals surface area contributed by atoms with Crippen molar-refractivity contribution in [2.75, 3.05) is 59.9 Å². The minimum absolute atomic E-state index is 0.0369. The van der Waals surface area contributed by atoms with Gasteiger partial charge in [0.05, 0.1) is 66.3 Å². The monoisotopic (exact) mass is 1500 g/mol. The molecule has 0 radical (unpaired) electrons. The molecule has 2 amide bonds. The van der Waals surface area contributed by atoms with Crippen LogP contribution in [0.5, 0.6) is 46.3 Å². The van der Waals surface area contributed by atoms with Gasteiger partial charge in [0.25, 0.3) is 10.1 Å². The van der Waals surface area contributed by atoms with Gasteiger partial charge in [-0.2, -0.15) is 8.42 Å². The van der Waals surface area contributed by atoms with Crippen LogP contribution < -0.4 is 23.7 Å². The zero-order valence-corrected chi connectivity index (χ0v) is 61.8. The lowest BCUT2D eigenvalue weighted by molar-refractivity contribution is -0.135. The van der Waals surface area contributed by atoms with Crippen molar-refractivity contribution in [1.29, 1.82) is 0 Å². The van der Waals surface area contributed by atoms with Gasteiger partial charge < -0.3 is 48.1 Å². The number of ketones is 4. The van der Waals surface area contributed by atoms with Crippen LogP contribution >= 0.6 is 0 Å². The smallest absolute Gasteiger partial charge is 0.410 e. The average molecular weight is 1500 g/mol. The van der Waals surface area contributed by atoms with Crippen molar-refractivity contribution in [2.45, 2.75) is 130 Å². The molecule has 0 atom stereocenters. The number of Topliss-reactive ketones (excluding diaryl/α,β-unsaturated/α-hetero) is 4. The number of phenolic OH excluding ortho intramolecular Hbond substituents is 1. The number of halogens is 4. The lowest BCUT2D eigenvalue weighted by atomic mass is 9.88. The molecular weight excluding hydrogens is 1410 g/mol. The molecular formula is C79H86F4N6O17S. The molecule has 2 aliphatic carbocycles. The predicted octanol–water partition coefficient (Wildman–Crippen LogP) is 14.2. The molecule has 107 heavy (non-hydrogen) atoms. The molecule has 0 unspecified atom stereocenters. The standard InChI is InChI=1S/C39H41F2N3O7.C28H22F2N2O5.C12H23NO5S/c1-38(2,3)51-37(47)44-15-11-25(12-16-44)22-49-33-21-30-28(20-32(33)48-4)36(43-23-42-30)50-31-10-7-26(17-29(31)41)19-35(46)39(13-14-39)34(45)18-24-5-8-27(40)9-6-24;1-36-24-13-19-21(14-22(24)33)31-15-32-27(19)37-23-7-4-17(10-20(23)30)12-26(35)28(8-9-28)25(34)11-16-2-5-18(29)6-3-16;1-12(2,3)18-11(14)13-7-5-10(6-8-13)9-17-19(4,15)16/h5-10,17,20-21,23,25H,11-16,18-19,22H2,1-4H3;2-7,10,13-15,33H,8-9,11-12H2,1H3;10H,5-9H2,1-4H3. The van der Waals surface area contributed by atoms with Crippen molar-refractivity contribution >= 4 is 67.2 Å². The minimum Gasteiger partial charge on any atom is -0.504 e. The number of rotatable bonds is 24. The first kappa shape index (κ1) is 79.2. The van der Waals surface area contributed by atoms with E-state index in [-0.39, 0.29) is 114 Å². The van der Waals surface area contributed by atoms with E-state index in [1.54, 1.807) is 34.1 Å². The van der Waals surface area contributed by atoms with Crippen LogP contribution in [0.15, 0.2) is 122 Å². The molecule has 4 heterocycles. The van der Waals surface area contributed by atoms with Gasteiger partial charge in [-0.1, -0.05) is 36.4 Å². The second-order valence-electron chi connectivity index (χ2n) is 29.1. The maximum atomic E-state index is 15.4. The van der Waals surface area contributed by atoms with Crippen LogP contribution in [-0.4, -0.2) is 150 Å². The van der Waals surface area contributed by atoms with Gasteiger partial charge in [-0.3, -0.25) is 23.4 Å². The molecule has 1 N–H and O–H groups in total. The highest BCUT2D eigenvalue weighted by molar-refractivity contribution is 7.86. The molecule has 12 rings (SSSR count). The van der Waals surface area contributed by atoms with Crippen LogP contribution in [0.4, 0.5) is 27.2 Å². The molecule has 28 heteroatoms. The quantitative estimate of drug-likeness (QED) is 0.0334. The van der Waals surface area contributed by atoms with Crippen molar-refractivity contribution in [1.82, 2.24) is 29.7 Å². The Morgan fingerprint density at radius 3 is 1.23 bits per heavy atom. The summed E-state index contributed by atoms with van der Waals surface area (Å²) in [4.78, 5) is 96.5. The predicted molar refractivity (Wildman–Crippen MR) is 385 cm³/mol. The second kappa shape index (κ2) is 33.6. The Labute approximate surface area is 617 Å². The van der Waals surface area contributed by atoms with E-state index in [9.17, 15) is 55.5 Å². The fourth-order valence-electron chi connectivity index (χ4n) is 12.3. The molecule has 23 nitrogen and oxygen atoms in total. The number of likely N-dealkylation sites (tertiary alicyclic amines) is 2. The largest absolute Gasteiger partial charge is 0.504 e. The van der Waals surface area contributed by atoms with E-state index in [1.165, 1.54) is 112 Å². The highest BCUT2D eigenvalue weighted by Gasteiger charge is 2.55. The number of benzene rings is 6. The van der Waals surface area contributed by atoms with Gasteiger partial charge in [-0.25, -0.2) is 47.1 Å². The fourth-order valence-corrected chi connectivity index (χ4v) is 12.8. The number of aromatic hydroxyl groups is 1. The Morgan fingerprint density at radius 1 is 0.486 bits per heavy atom. The molecule has 0 bridgehead atoms. The SMILES string of the molecule is CC(C)(C)OC(=O)N1CCC(COS(C)(=O)=O)CC1.COc1cc2c(Oc3ccc(CC(=O)C4(C(=O)Cc5ccc(F)cc5)CC4)cc3F)ncnc2cc1O.COc1cc2c(Oc3ccc(CC(=O)C4(C(=O)Cc5ccc(F)cc5)CC4)cc3F)ncnc2cc1OCC1CCN(C(=O)OC(C)(C)C)CC1.